The van der Waals surface area contributed by atoms with E-state index in [4.69, 9.17) is 0 Å². The second-order valence-electron chi connectivity index (χ2n) is 8.02. The lowest BCUT2D eigenvalue weighted by Gasteiger charge is -2.35. The zero-order valence-electron chi connectivity index (χ0n) is 16.4. The first kappa shape index (κ1) is 20.9. The standard InChI is InChI=1S/C19H31N3O3S/c1-13(2)21-26(24,25)18-8-6-17(7-9-18)20-19(23)16(5)22-11-14(3)10-15(4)12-22/h6-9,13-16,21H,10-12H2,1-5H3,(H,20,23)/p+1/t14-,15-,16-/m0/s1. The summed E-state index contributed by atoms with van der Waals surface area (Å²) < 4.78 is 26.8. The molecule has 1 aliphatic rings. The summed E-state index contributed by atoms with van der Waals surface area (Å²) in [5.41, 5.74) is 0.614. The molecule has 1 fully saturated rings. The number of benzene rings is 1. The van der Waals surface area contributed by atoms with Gasteiger partial charge in [0.25, 0.3) is 5.91 Å². The molecule has 0 saturated carbocycles. The summed E-state index contributed by atoms with van der Waals surface area (Å²) in [6.07, 6.45) is 1.22. The lowest BCUT2D eigenvalue weighted by Crippen LogP contribution is -3.18. The molecule has 3 N–H and O–H groups in total. The van der Waals surface area contributed by atoms with Crippen LogP contribution in [0.1, 0.15) is 41.0 Å². The number of hydrogen-bond donors (Lipinski definition) is 3. The summed E-state index contributed by atoms with van der Waals surface area (Å²) in [5, 5.41) is 2.91. The van der Waals surface area contributed by atoms with Gasteiger partial charge in [-0.15, -0.1) is 0 Å². The Balaban J connectivity index is 2.01. The van der Waals surface area contributed by atoms with Crippen molar-refractivity contribution in [1.82, 2.24) is 4.72 Å². The fraction of sp³-hybridized carbons (Fsp3) is 0.632. The number of piperidine rings is 1. The number of anilines is 1. The Hall–Kier alpha value is -1.44. The molecule has 2 rings (SSSR count). The summed E-state index contributed by atoms with van der Waals surface area (Å²) >= 11 is 0. The first-order valence-electron chi connectivity index (χ1n) is 9.36. The van der Waals surface area contributed by atoms with Gasteiger partial charge in [-0.3, -0.25) is 4.79 Å². The number of amides is 1. The highest BCUT2D eigenvalue weighted by molar-refractivity contribution is 7.89. The van der Waals surface area contributed by atoms with Crippen LogP contribution in [0.5, 0.6) is 0 Å². The summed E-state index contributed by atoms with van der Waals surface area (Å²) in [7, 11) is -3.52. The number of sulfonamides is 1. The van der Waals surface area contributed by atoms with E-state index in [-0.39, 0.29) is 22.9 Å². The van der Waals surface area contributed by atoms with Gasteiger partial charge >= 0.3 is 0 Å². The third kappa shape index (κ3) is 5.53. The van der Waals surface area contributed by atoms with Crippen LogP contribution in [0.15, 0.2) is 29.2 Å². The van der Waals surface area contributed by atoms with Gasteiger partial charge in [0.1, 0.15) is 0 Å². The predicted octanol–water partition coefficient (Wildman–Crippen LogP) is 1.26. The highest BCUT2D eigenvalue weighted by Gasteiger charge is 2.32. The van der Waals surface area contributed by atoms with E-state index in [1.54, 1.807) is 26.0 Å². The van der Waals surface area contributed by atoms with Crippen molar-refractivity contribution in [1.29, 1.82) is 0 Å². The van der Waals surface area contributed by atoms with Crippen LogP contribution in [0.25, 0.3) is 0 Å². The average Bonchev–Trinajstić information content (AvgIpc) is 2.52. The Kier molecular flexibility index (Phi) is 6.82. The van der Waals surface area contributed by atoms with Crippen molar-refractivity contribution < 1.29 is 18.1 Å². The largest absolute Gasteiger partial charge is 0.324 e. The minimum absolute atomic E-state index is 0.0304. The van der Waals surface area contributed by atoms with E-state index in [0.717, 1.165) is 13.1 Å². The topological polar surface area (TPSA) is 79.7 Å². The van der Waals surface area contributed by atoms with Gasteiger partial charge in [-0.2, -0.15) is 0 Å². The van der Waals surface area contributed by atoms with Crippen LogP contribution in [0.2, 0.25) is 0 Å². The van der Waals surface area contributed by atoms with E-state index in [1.165, 1.54) is 23.5 Å². The molecule has 6 nitrogen and oxygen atoms in total. The van der Waals surface area contributed by atoms with Crippen LogP contribution in [-0.4, -0.2) is 39.5 Å². The number of likely N-dealkylation sites (tertiary alicyclic amines) is 1. The summed E-state index contributed by atoms with van der Waals surface area (Å²) in [4.78, 5) is 14.1. The minimum Gasteiger partial charge on any atom is -0.324 e. The molecule has 0 radical (unpaired) electrons. The van der Waals surface area contributed by atoms with Gasteiger partial charge < -0.3 is 10.2 Å². The van der Waals surface area contributed by atoms with E-state index in [9.17, 15) is 13.2 Å². The Morgan fingerprint density at radius 2 is 1.62 bits per heavy atom. The SMILES string of the molecule is CC(C)NS(=O)(=O)c1ccc(NC(=O)[C@H](C)[NH+]2C[C@@H](C)C[C@H](C)C2)cc1. The second kappa shape index (κ2) is 8.50. The number of carbonyl (C=O) groups excluding carboxylic acids is 1. The van der Waals surface area contributed by atoms with Crippen molar-refractivity contribution in [3.63, 3.8) is 0 Å². The lowest BCUT2D eigenvalue weighted by atomic mass is 9.91. The first-order valence-corrected chi connectivity index (χ1v) is 10.8. The molecule has 1 amide bonds. The van der Waals surface area contributed by atoms with Crippen LogP contribution < -0.4 is 14.9 Å². The minimum atomic E-state index is -3.52. The third-order valence-corrected chi connectivity index (χ3v) is 6.53. The molecule has 26 heavy (non-hydrogen) atoms. The van der Waals surface area contributed by atoms with Gasteiger partial charge in [0.05, 0.1) is 18.0 Å². The maximum Gasteiger partial charge on any atom is 0.282 e. The van der Waals surface area contributed by atoms with Crippen molar-refractivity contribution in [3.8, 4) is 0 Å². The molecule has 0 aliphatic carbocycles. The molecular formula is C19H32N3O3S+. The summed E-state index contributed by atoms with van der Waals surface area (Å²) in [6.45, 7) is 12.0. The maximum absolute atomic E-state index is 12.6. The van der Waals surface area contributed by atoms with Gasteiger partial charge in [-0.1, -0.05) is 13.8 Å². The predicted molar refractivity (Wildman–Crippen MR) is 104 cm³/mol. The number of rotatable bonds is 6. The first-order chi connectivity index (χ1) is 12.1. The van der Waals surface area contributed by atoms with Crippen molar-refractivity contribution in [2.75, 3.05) is 18.4 Å². The highest BCUT2D eigenvalue weighted by Crippen LogP contribution is 2.15. The van der Waals surface area contributed by atoms with Crippen molar-refractivity contribution in [3.05, 3.63) is 24.3 Å². The molecule has 1 heterocycles. The molecule has 146 valence electrons. The van der Waals surface area contributed by atoms with E-state index in [0.29, 0.717) is 17.5 Å². The molecule has 1 aromatic rings. The van der Waals surface area contributed by atoms with E-state index >= 15 is 0 Å². The lowest BCUT2D eigenvalue weighted by molar-refractivity contribution is -0.925. The molecule has 1 aromatic carbocycles. The van der Waals surface area contributed by atoms with Gasteiger partial charge in [-0.25, -0.2) is 13.1 Å². The number of hydrogen-bond acceptors (Lipinski definition) is 3. The van der Waals surface area contributed by atoms with Gasteiger partial charge in [0.2, 0.25) is 10.0 Å². The molecule has 3 atom stereocenters. The van der Waals surface area contributed by atoms with Crippen LogP contribution in [0.3, 0.4) is 0 Å². The smallest absolute Gasteiger partial charge is 0.282 e. The number of carbonyl (C=O) groups is 1. The van der Waals surface area contributed by atoms with Crippen LogP contribution in [-0.2, 0) is 14.8 Å². The molecule has 1 aliphatic heterocycles. The molecule has 0 spiro atoms. The Morgan fingerprint density at radius 3 is 2.12 bits per heavy atom. The molecule has 0 unspecified atom stereocenters. The van der Waals surface area contributed by atoms with Gasteiger partial charge in [0, 0.05) is 23.6 Å². The average molecular weight is 383 g/mol. The molecule has 0 aromatic heterocycles. The Labute approximate surface area is 157 Å². The molecular weight excluding hydrogens is 350 g/mol. The van der Waals surface area contributed by atoms with E-state index < -0.39 is 10.0 Å². The van der Waals surface area contributed by atoms with Crippen LogP contribution in [0.4, 0.5) is 5.69 Å². The molecule has 1 saturated heterocycles. The number of quaternary nitrogens is 1. The quantitative estimate of drug-likeness (QED) is 0.693. The molecule has 0 bridgehead atoms. The summed E-state index contributed by atoms with van der Waals surface area (Å²) in [5.74, 6) is 1.22. The van der Waals surface area contributed by atoms with E-state index in [1.807, 2.05) is 6.92 Å². The number of nitrogens with one attached hydrogen (secondary N) is 3. The van der Waals surface area contributed by atoms with E-state index in [2.05, 4.69) is 23.9 Å². The normalized spacial score (nSPS) is 25.1. The third-order valence-electron chi connectivity index (χ3n) is 4.85. The highest BCUT2D eigenvalue weighted by atomic mass is 32.2. The summed E-state index contributed by atoms with van der Waals surface area (Å²) in [6, 6.07) is 6.00. The monoisotopic (exact) mass is 382 g/mol. The fourth-order valence-corrected chi connectivity index (χ4v) is 4.97. The van der Waals surface area contributed by atoms with Gasteiger partial charge in [0.15, 0.2) is 6.04 Å². The molecule has 7 heteroatoms. The van der Waals surface area contributed by atoms with Crippen LogP contribution in [0, 0.1) is 11.8 Å². The van der Waals surface area contributed by atoms with Crippen molar-refractivity contribution >= 4 is 21.6 Å². The Morgan fingerprint density at radius 1 is 1.08 bits per heavy atom. The zero-order valence-corrected chi connectivity index (χ0v) is 17.2. The van der Waals surface area contributed by atoms with Crippen LogP contribution >= 0.6 is 0 Å². The fourth-order valence-electron chi connectivity index (χ4n) is 3.72. The van der Waals surface area contributed by atoms with Crippen molar-refractivity contribution in [2.45, 2.75) is 58.0 Å². The van der Waals surface area contributed by atoms with Gasteiger partial charge in [-0.05, 0) is 51.5 Å². The Bertz CT molecular complexity index is 706. The second-order valence-corrected chi connectivity index (χ2v) is 9.74. The van der Waals surface area contributed by atoms with Crippen molar-refractivity contribution in [2.24, 2.45) is 11.8 Å². The zero-order chi connectivity index (χ0) is 19.5. The maximum atomic E-state index is 12.6.